The van der Waals surface area contributed by atoms with E-state index in [0.717, 1.165) is 24.7 Å². The summed E-state index contributed by atoms with van der Waals surface area (Å²) in [6, 6.07) is 2.24. The van der Waals surface area contributed by atoms with Crippen LogP contribution in [-0.2, 0) is 6.54 Å². The Labute approximate surface area is 107 Å². The maximum atomic E-state index is 11.7. The number of aromatic amines is 1. The number of nitrogens with zero attached hydrogens (tertiary/aromatic N) is 2. The second-order valence-electron chi connectivity index (χ2n) is 5.26. The fraction of sp³-hybridized carbons (Fsp3) is 0.692. The van der Waals surface area contributed by atoms with E-state index in [1.54, 1.807) is 6.07 Å². The van der Waals surface area contributed by atoms with Crippen molar-refractivity contribution in [1.82, 2.24) is 15.3 Å². The molecule has 1 aliphatic heterocycles. The lowest BCUT2D eigenvalue weighted by Gasteiger charge is -2.27. The van der Waals surface area contributed by atoms with Gasteiger partial charge in [-0.05, 0) is 32.1 Å². The molecule has 0 atom stereocenters. The molecule has 2 N–H and O–H groups in total. The molecule has 0 radical (unpaired) electrons. The number of rotatable bonds is 4. The molecule has 18 heavy (non-hydrogen) atoms. The highest BCUT2D eigenvalue weighted by Crippen LogP contribution is 2.19. The van der Waals surface area contributed by atoms with Crippen molar-refractivity contribution in [2.24, 2.45) is 0 Å². The molecule has 1 aromatic heterocycles. The molecular formula is C13H20N4O. The lowest BCUT2D eigenvalue weighted by Crippen LogP contribution is -2.33. The number of piperidine rings is 1. The molecule has 2 heterocycles. The van der Waals surface area contributed by atoms with Crippen LogP contribution in [0.5, 0.6) is 0 Å². The zero-order chi connectivity index (χ0) is 12.4. The Kier molecular flexibility index (Phi) is 3.32. The molecule has 2 aliphatic rings. The summed E-state index contributed by atoms with van der Waals surface area (Å²) in [6.45, 7) is 2.71. The van der Waals surface area contributed by atoms with E-state index < -0.39 is 0 Å². The highest BCUT2D eigenvalue weighted by molar-refractivity contribution is 5.30. The van der Waals surface area contributed by atoms with Gasteiger partial charge in [0.1, 0.15) is 0 Å². The first kappa shape index (κ1) is 11.7. The summed E-state index contributed by atoms with van der Waals surface area (Å²) < 4.78 is 0. The van der Waals surface area contributed by atoms with Crippen LogP contribution >= 0.6 is 0 Å². The van der Waals surface area contributed by atoms with E-state index in [0.29, 0.717) is 12.6 Å². The quantitative estimate of drug-likeness (QED) is 0.835. The van der Waals surface area contributed by atoms with E-state index in [1.807, 2.05) is 0 Å². The van der Waals surface area contributed by atoms with E-state index in [9.17, 15) is 4.79 Å². The number of aromatic nitrogens is 2. The number of nitrogens with one attached hydrogen (secondary N) is 2. The van der Waals surface area contributed by atoms with Gasteiger partial charge in [-0.1, -0.05) is 0 Å². The van der Waals surface area contributed by atoms with Crippen LogP contribution in [0.2, 0.25) is 0 Å². The second kappa shape index (κ2) is 5.10. The average Bonchev–Trinajstić information content (AvgIpc) is 3.21. The third kappa shape index (κ3) is 2.90. The zero-order valence-corrected chi connectivity index (χ0v) is 10.6. The van der Waals surface area contributed by atoms with Crippen molar-refractivity contribution in [1.29, 1.82) is 0 Å². The number of anilines is 1. The fourth-order valence-corrected chi connectivity index (χ4v) is 2.38. The summed E-state index contributed by atoms with van der Waals surface area (Å²) in [4.78, 5) is 21.3. The van der Waals surface area contributed by atoms with Gasteiger partial charge in [0.15, 0.2) is 0 Å². The van der Waals surface area contributed by atoms with Crippen LogP contribution in [0, 0.1) is 0 Å². The van der Waals surface area contributed by atoms with Crippen LogP contribution < -0.4 is 15.8 Å². The molecule has 3 rings (SSSR count). The van der Waals surface area contributed by atoms with Gasteiger partial charge in [-0.2, -0.15) is 0 Å². The largest absolute Gasteiger partial charge is 0.342 e. The van der Waals surface area contributed by atoms with Crippen LogP contribution in [0.3, 0.4) is 0 Å². The molecule has 1 aromatic rings. The van der Waals surface area contributed by atoms with E-state index >= 15 is 0 Å². The van der Waals surface area contributed by atoms with Crippen molar-refractivity contribution < 1.29 is 0 Å². The van der Waals surface area contributed by atoms with Crippen molar-refractivity contribution in [2.45, 2.75) is 44.7 Å². The minimum atomic E-state index is -0.0434. The Morgan fingerprint density at radius 3 is 2.83 bits per heavy atom. The normalized spacial score (nSPS) is 20.1. The highest BCUT2D eigenvalue weighted by Gasteiger charge is 2.20. The fourth-order valence-electron chi connectivity index (χ4n) is 2.38. The Morgan fingerprint density at radius 2 is 2.11 bits per heavy atom. The molecule has 5 heteroatoms. The zero-order valence-electron chi connectivity index (χ0n) is 10.6. The van der Waals surface area contributed by atoms with Gasteiger partial charge in [-0.3, -0.25) is 9.78 Å². The van der Waals surface area contributed by atoms with Gasteiger partial charge in [-0.15, -0.1) is 0 Å². The van der Waals surface area contributed by atoms with E-state index in [4.69, 9.17) is 0 Å². The summed E-state index contributed by atoms with van der Waals surface area (Å²) in [5, 5.41) is 3.40. The van der Waals surface area contributed by atoms with E-state index in [2.05, 4.69) is 20.2 Å². The number of hydrogen-bond acceptors (Lipinski definition) is 4. The van der Waals surface area contributed by atoms with Crippen LogP contribution in [-0.4, -0.2) is 29.1 Å². The van der Waals surface area contributed by atoms with Crippen LogP contribution in [0.15, 0.2) is 10.9 Å². The van der Waals surface area contributed by atoms with Gasteiger partial charge in [0.2, 0.25) is 5.95 Å². The first-order valence-electron chi connectivity index (χ1n) is 6.90. The molecule has 1 saturated carbocycles. The van der Waals surface area contributed by atoms with E-state index in [-0.39, 0.29) is 5.56 Å². The average molecular weight is 248 g/mol. The number of hydrogen-bond donors (Lipinski definition) is 2. The molecule has 0 amide bonds. The van der Waals surface area contributed by atoms with Crippen molar-refractivity contribution in [2.75, 3.05) is 18.0 Å². The molecule has 0 unspecified atom stereocenters. The SMILES string of the molecule is O=c1cc(CNC2CC2)nc(N2CCCCC2)[nH]1. The van der Waals surface area contributed by atoms with Gasteiger partial charge in [0.05, 0.1) is 5.69 Å². The summed E-state index contributed by atoms with van der Waals surface area (Å²) in [5.74, 6) is 0.745. The van der Waals surface area contributed by atoms with Gasteiger partial charge in [0, 0.05) is 31.7 Å². The van der Waals surface area contributed by atoms with E-state index in [1.165, 1.54) is 32.1 Å². The minimum Gasteiger partial charge on any atom is -0.342 e. The molecule has 98 valence electrons. The summed E-state index contributed by atoms with van der Waals surface area (Å²) in [7, 11) is 0. The topological polar surface area (TPSA) is 61.0 Å². The summed E-state index contributed by atoms with van der Waals surface area (Å²) in [6.07, 6.45) is 6.16. The van der Waals surface area contributed by atoms with Crippen molar-refractivity contribution in [3.8, 4) is 0 Å². The third-order valence-corrected chi connectivity index (χ3v) is 3.59. The van der Waals surface area contributed by atoms with Gasteiger partial charge in [-0.25, -0.2) is 4.98 Å². The number of H-pyrrole nitrogens is 1. The van der Waals surface area contributed by atoms with Crippen LogP contribution in [0.4, 0.5) is 5.95 Å². The van der Waals surface area contributed by atoms with Gasteiger partial charge < -0.3 is 10.2 Å². The molecular weight excluding hydrogens is 228 g/mol. The monoisotopic (exact) mass is 248 g/mol. The summed E-state index contributed by atoms with van der Waals surface area (Å²) in [5.41, 5.74) is 0.810. The van der Waals surface area contributed by atoms with Crippen LogP contribution in [0.1, 0.15) is 37.8 Å². The predicted octanol–water partition coefficient (Wildman–Crippen LogP) is 1.01. The third-order valence-electron chi connectivity index (χ3n) is 3.59. The maximum Gasteiger partial charge on any atom is 0.252 e. The maximum absolute atomic E-state index is 11.7. The molecule has 1 saturated heterocycles. The van der Waals surface area contributed by atoms with Gasteiger partial charge >= 0.3 is 0 Å². The lowest BCUT2D eigenvalue weighted by molar-refractivity contribution is 0.565. The van der Waals surface area contributed by atoms with Crippen molar-refractivity contribution in [3.05, 3.63) is 22.1 Å². The molecule has 0 bridgehead atoms. The minimum absolute atomic E-state index is 0.0434. The summed E-state index contributed by atoms with van der Waals surface area (Å²) >= 11 is 0. The Hall–Kier alpha value is -1.36. The molecule has 2 fully saturated rings. The smallest absolute Gasteiger partial charge is 0.252 e. The Bertz CT molecular complexity index is 460. The Morgan fingerprint density at radius 1 is 1.33 bits per heavy atom. The van der Waals surface area contributed by atoms with Crippen molar-refractivity contribution in [3.63, 3.8) is 0 Å². The molecule has 0 aromatic carbocycles. The first-order valence-corrected chi connectivity index (χ1v) is 6.90. The van der Waals surface area contributed by atoms with Crippen molar-refractivity contribution >= 4 is 5.95 Å². The molecule has 0 spiro atoms. The highest BCUT2D eigenvalue weighted by atomic mass is 16.1. The molecule has 5 nitrogen and oxygen atoms in total. The second-order valence-corrected chi connectivity index (χ2v) is 5.26. The molecule has 1 aliphatic carbocycles. The standard InChI is InChI=1S/C13H20N4O/c18-12-8-11(9-14-10-4-5-10)15-13(16-12)17-6-2-1-3-7-17/h8,10,14H,1-7,9H2,(H,15,16,18). The van der Waals surface area contributed by atoms with Gasteiger partial charge in [0.25, 0.3) is 5.56 Å². The Balaban J connectivity index is 1.73. The van der Waals surface area contributed by atoms with Crippen LogP contribution in [0.25, 0.3) is 0 Å². The predicted molar refractivity (Wildman–Crippen MR) is 70.8 cm³/mol. The lowest BCUT2D eigenvalue weighted by atomic mass is 10.1. The first-order chi connectivity index (χ1) is 8.81.